The molecule has 0 saturated carbocycles. The van der Waals surface area contributed by atoms with E-state index in [0.29, 0.717) is 5.56 Å². The molecule has 6 heteroatoms. The third-order valence-electron chi connectivity index (χ3n) is 2.07. The van der Waals surface area contributed by atoms with Crippen LogP contribution in [0.25, 0.3) is 11.5 Å². The number of pyridine rings is 1. The summed E-state index contributed by atoms with van der Waals surface area (Å²) in [6.45, 7) is 3.67. The lowest BCUT2D eigenvalue weighted by molar-refractivity contribution is 0.0680. The molecule has 0 aliphatic carbocycles. The van der Waals surface area contributed by atoms with Gasteiger partial charge < -0.3 is 9.63 Å². The van der Waals surface area contributed by atoms with Gasteiger partial charge in [0.2, 0.25) is 0 Å². The largest absolute Gasteiger partial charge is 0.475 e. The predicted molar refractivity (Wildman–Crippen MR) is 54.0 cm³/mol. The molecule has 0 saturated heterocycles. The molecule has 2 rings (SSSR count). The lowest BCUT2D eigenvalue weighted by Gasteiger charge is -1.99. The first-order chi connectivity index (χ1) is 7.58. The first-order valence-electron chi connectivity index (χ1n) is 4.59. The van der Waals surface area contributed by atoms with E-state index >= 15 is 0 Å². The van der Waals surface area contributed by atoms with Crippen LogP contribution in [0.2, 0.25) is 0 Å². The summed E-state index contributed by atoms with van der Waals surface area (Å²) < 4.78 is 4.85. The molecule has 16 heavy (non-hydrogen) atoms. The van der Waals surface area contributed by atoms with E-state index in [-0.39, 0.29) is 11.7 Å². The van der Waals surface area contributed by atoms with Crippen LogP contribution in [0.1, 0.15) is 22.0 Å². The molecule has 82 valence electrons. The molecule has 0 amide bonds. The van der Waals surface area contributed by atoms with Gasteiger partial charge in [0, 0.05) is 5.69 Å². The summed E-state index contributed by atoms with van der Waals surface area (Å²) in [6.07, 6.45) is 0. The van der Waals surface area contributed by atoms with Crippen molar-refractivity contribution in [2.45, 2.75) is 13.8 Å². The van der Waals surface area contributed by atoms with Gasteiger partial charge in [-0.05, 0) is 31.1 Å². The zero-order chi connectivity index (χ0) is 11.7. The normalized spacial score (nSPS) is 10.4. The summed E-state index contributed by atoms with van der Waals surface area (Å²) in [5.41, 5.74) is 2.24. The maximum absolute atomic E-state index is 10.6. The molecule has 0 bridgehead atoms. The number of carboxylic acids is 1. The van der Waals surface area contributed by atoms with Crippen LogP contribution in [0.15, 0.2) is 16.7 Å². The Hall–Kier alpha value is -2.24. The van der Waals surface area contributed by atoms with Crippen LogP contribution in [0.5, 0.6) is 0 Å². The molecule has 0 fully saturated rings. The Morgan fingerprint density at radius 2 is 2.06 bits per heavy atom. The van der Waals surface area contributed by atoms with E-state index in [0.717, 1.165) is 11.4 Å². The number of nitrogens with zero attached hydrogens (tertiary/aromatic N) is 3. The fourth-order valence-electron chi connectivity index (χ4n) is 1.33. The average molecular weight is 219 g/mol. The summed E-state index contributed by atoms with van der Waals surface area (Å²) in [6, 6.07) is 3.57. The summed E-state index contributed by atoms with van der Waals surface area (Å²) in [4.78, 5) is 18.6. The third kappa shape index (κ3) is 1.77. The smallest absolute Gasteiger partial charge is 0.377 e. The highest BCUT2D eigenvalue weighted by atomic mass is 16.5. The molecule has 0 spiro atoms. The van der Waals surface area contributed by atoms with E-state index in [9.17, 15) is 4.79 Å². The maximum Gasteiger partial charge on any atom is 0.377 e. The predicted octanol–water partition coefficient (Wildman–Crippen LogP) is 1.45. The topological polar surface area (TPSA) is 89.1 Å². The van der Waals surface area contributed by atoms with Gasteiger partial charge in [0.1, 0.15) is 0 Å². The minimum atomic E-state index is -1.22. The van der Waals surface area contributed by atoms with Gasteiger partial charge in [0.05, 0.1) is 11.3 Å². The van der Waals surface area contributed by atoms with Crippen LogP contribution in [0.3, 0.4) is 0 Å². The summed E-state index contributed by atoms with van der Waals surface area (Å²) in [5, 5.41) is 12.0. The van der Waals surface area contributed by atoms with Crippen molar-refractivity contribution in [2.75, 3.05) is 0 Å². The van der Waals surface area contributed by atoms with Crippen molar-refractivity contribution in [3.05, 3.63) is 29.3 Å². The number of aromatic nitrogens is 3. The Balaban J connectivity index is 2.46. The summed E-state index contributed by atoms with van der Waals surface area (Å²) in [5.74, 6) is -1.40. The molecule has 2 aromatic heterocycles. The van der Waals surface area contributed by atoms with E-state index in [1.807, 2.05) is 6.92 Å². The van der Waals surface area contributed by atoms with Gasteiger partial charge in [-0.25, -0.2) is 4.79 Å². The molecule has 0 aliphatic heterocycles. The van der Waals surface area contributed by atoms with Crippen LogP contribution in [0.4, 0.5) is 0 Å². The lowest BCUT2D eigenvalue weighted by atomic mass is 10.2. The van der Waals surface area contributed by atoms with E-state index in [2.05, 4.69) is 15.1 Å². The van der Waals surface area contributed by atoms with Crippen LogP contribution in [-0.4, -0.2) is 26.2 Å². The minimum absolute atomic E-state index is 0.169. The average Bonchev–Trinajstić information content (AvgIpc) is 2.66. The van der Waals surface area contributed by atoms with Crippen molar-refractivity contribution in [3.63, 3.8) is 0 Å². The Kier molecular flexibility index (Phi) is 2.40. The summed E-state index contributed by atoms with van der Waals surface area (Å²) in [7, 11) is 0. The van der Waals surface area contributed by atoms with E-state index in [4.69, 9.17) is 9.63 Å². The van der Waals surface area contributed by atoms with Crippen LogP contribution < -0.4 is 0 Å². The fourth-order valence-corrected chi connectivity index (χ4v) is 1.33. The first kappa shape index (κ1) is 10.3. The Morgan fingerprint density at radius 1 is 1.31 bits per heavy atom. The second-order valence-electron chi connectivity index (χ2n) is 3.31. The molecule has 1 N–H and O–H groups in total. The number of hydrogen-bond donors (Lipinski definition) is 1. The van der Waals surface area contributed by atoms with Crippen molar-refractivity contribution in [1.82, 2.24) is 15.1 Å². The number of rotatable bonds is 2. The summed E-state index contributed by atoms with van der Waals surface area (Å²) >= 11 is 0. The van der Waals surface area contributed by atoms with Gasteiger partial charge in [0.15, 0.2) is 0 Å². The first-order valence-corrected chi connectivity index (χ1v) is 4.59. The van der Waals surface area contributed by atoms with Gasteiger partial charge in [0.25, 0.3) is 11.7 Å². The highest BCUT2D eigenvalue weighted by Crippen LogP contribution is 2.20. The molecule has 0 aromatic carbocycles. The van der Waals surface area contributed by atoms with E-state index in [1.165, 1.54) is 0 Å². The highest BCUT2D eigenvalue weighted by molar-refractivity contribution is 5.83. The Bertz CT molecular complexity index is 548. The molecule has 0 atom stereocenters. The second-order valence-corrected chi connectivity index (χ2v) is 3.31. The number of carboxylic acid groups (broad SMARTS) is 1. The number of aromatic carboxylic acids is 1. The number of carbonyl (C=O) groups is 1. The van der Waals surface area contributed by atoms with E-state index in [1.54, 1.807) is 19.1 Å². The molecule has 6 nitrogen and oxygen atoms in total. The fraction of sp³-hybridized carbons (Fsp3) is 0.200. The van der Waals surface area contributed by atoms with Crippen molar-refractivity contribution in [3.8, 4) is 11.5 Å². The van der Waals surface area contributed by atoms with Gasteiger partial charge in [-0.1, -0.05) is 0 Å². The molecular formula is C10H9N3O3. The van der Waals surface area contributed by atoms with Gasteiger partial charge >= 0.3 is 5.97 Å². The molecule has 2 heterocycles. The molecular weight excluding hydrogens is 210 g/mol. The SMILES string of the molecule is Cc1ccc(-c2nc(C(=O)O)no2)c(C)n1. The van der Waals surface area contributed by atoms with Gasteiger partial charge in [-0.3, -0.25) is 4.98 Å². The lowest BCUT2D eigenvalue weighted by Crippen LogP contribution is -1.98. The molecule has 0 radical (unpaired) electrons. The van der Waals surface area contributed by atoms with Gasteiger partial charge in [-0.15, -0.1) is 0 Å². The number of hydrogen-bond acceptors (Lipinski definition) is 5. The molecule has 0 unspecified atom stereocenters. The monoisotopic (exact) mass is 219 g/mol. The van der Waals surface area contributed by atoms with Crippen molar-refractivity contribution < 1.29 is 14.4 Å². The minimum Gasteiger partial charge on any atom is -0.475 e. The van der Waals surface area contributed by atoms with Crippen LogP contribution in [-0.2, 0) is 0 Å². The zero-order valence-corrected chi connectivity index (χ0v) is 8.76. The quantitative estimate of drug-likeness (QED) is 0.822. The molecule has 2 aromatic rings. The van der Waals surface area contributed by atoms with Gasteiger partial charge in [-0.2, -0.15) is 4.98 Å². The zero-order valence-electron chi connectivity index (χ0n) is 8.76. The molecule has 0 aliphatic rings. The van der Waals surface area contributed by atoms with Crippen LogP contribution in [0, 0.1) is 13.8 Å². The van der Waals surface area contributed by atoms with Crippen molar-refractivity contribution >= 4 is 5.97 Å². The highest BCUT2D eigenvalue weighted by Gasteiger charge is 2.15. The van der Waals surface area contributed by atoms with Crippen molar-refractivity contribution in [1.29, 1.82) is 0 Å². The Labute approximate surface area is 90.9 Å². The van der Waals surface area contributed by atoms with Crippen molar-refractivity contribution in [2.24, 2.45) is 0 Å². The standard InChI is InChI=1S/C10H9N3O3/c1-5-3-4-7(6(2)11-5)9-12-8(10(14)15)13-16-9/h3-4H,1-2H3,(H,14,15). The number of aryl methyl sites for hydroxylation is 2. The third-order valence-corrected chi connectivity index (χ3v) is 2.07. The van der Waals surface area contributed by atoms with E-state index < -0.39 is 5.97 Å². The van der Waals surface area contributed by atoms with Crippen LogP contribution >= 0.6 is 0 Å². The second kappa shape index (κ2) is 3.73. The Morgan fingerprint density at radius 3 is 2.62 bits per heavy atom. The maximum atomic E-state index is 10.6.